The van der Waals surface area contributed by atoms with Crippen LogP contribution in [0.2, 0.25) is 0 Å². The van der Waals surface area contributed by atoms with Gasteiger partial charge in [-0.2, -0.15) is 0 Å². The summed E-state index contributed by atoms with van der Waals surface area (Å²) in [7, 11) is 0. The van der Waals surface area contributed by atoms with Gasteiger partial charge in [0.05, 0.1) is 6.10 Å². The normalized spacial score (nSPS) is 49.5. The van der Waals surface area contributed by atoms with Gasteiger partial charge in [0.15, 0.2) is 17.1 Å². The molecule has 0 aromatic heterocycles. The zero-order chi connectivity index (χ0) is 27.9. The molecule has 0 aromatic rings. The van der Waals surface area contributed by atoms with Crippen LogP contribution < -0.4 is 0 Å². The minimum Gasteiger partial charge on any atom is -0.444 e. The third-order valence-corrected chi connectivity index (χ3v) is 10.6. The lowest BCUT2D eigenvalue weighted by Gasteiger charge is -2.63. The number of halogens is 3. The van der Waals surface area contributed by atoms with Crippen molar-refractivity contribution in [3.05, 3.63) is 23.8 Å². The topological polar surface area (TPSA) is 99.1 Å². The molecular weight excluding hydrogens is 505 g/mol. The second-order valence-corrected chi connectivity index (χ2v) is 12.3. The van der Waals surface area contributed by atoms with E-state index in [1.165, 1.54) is 19.1 Å². The molecule has 4 aliphatic carbocycles. The van der Waals surface area contributed by atoms with Gasteiger partial charge < -0.3 is 19.3 Å². The highest BCUT2D eigenvalue weighted by atomic mass is 19.1. The molecule has 38 heavy (non-hydrogen) atoms. The molecule has 3 saturated carbocycles. The highest BCUT2D eigenvalue weighted by Crippen LogP contribution is 2.71. The molecule has 1 saturated heterocycles. The smallest absolute Gasteiger partial charge is 0.353 e. The molecule has 5 rings (SSSR count). The standard InChI is InChI=1S/C28H35F3O7/c1-15-10-17-18-12-20(30)19-11-16(32)6-8-24(19,2)27(18,31)21(33)13-25(17,3)28(15,23(35)36-14-29)38-22(34)26(4)7-5-9-37-26/h6,8,11,15,17-18,20-21,33H,5,7,9-10,12-14H2,1-4H3/t15?,17-,18-,20-,21-,24-,25-,26-,27?,28-/m0/s1. The van der Waals surface area contributed by atoms with Gasteiger partial charge in [0.25, 0.3) is 0 Å². The van der Waals surface area contributed by atoms with E-state index in [4.69, 9.17) is 14.2 Å². The molecule has 210 valence electrons. The SMILES string of the molecule is CC1C[C@H]2[C@@H]3C[C@H](F)C4=CC(=O)C=C[C@]4(C)C3(F)[C@@H](O)C[C@]2(C)[C@@]1(OC(=O)[C@]1(C)CCCO1)C(=O)OCF. The van der Waals surface area contributed by atoms with Crippen molar-refractivity contribution in [1.82, 2.24) is 0 Å². The van der Waals surface area contributed by atoms with Gasteiger partial charge in [-0.05, 0) is 69.6 Å². The monoisotopic (exact) mass is 540 g/mol. The van der Waals surface area contributed by atoms with Crippen molar-refractivity contribution >= 4 is 17.7 Å². The molecular formula is C28H35F3O7. The maximum atomic E-state index is 17.4. The quantitative estimate of drug-likeness (QED) is 0.541. The Morgan fingerprint density at radius 1 is 1.18 bits per heavy atom. The van der Waals surface area contributed by atoms with Gasteiger partial charge in [0.2, 0.25) is 12.5 Å². The zero-order valence-electron chi connectivity index (χ0n) is 22.1. The van der Waals surface area contributed by atoms with E-state index in [2.05, 4.69) is 0 Å². The fourth-order valence-corrected chi connectivity index (χ4v) is 8.57. The van der Waals surface area contributed by atoms with Crippen molar-refractivity contribution in [2.75, 3.05) is 13.5 Å². The van der Waals surface area contributed by atoms with Gasteiger partial charge in [0.1, 0.15) is 6.17 Å². The van der Waals surface area contributed by atoms with Gasteiger partial charge in [0, 0.05) is 29.3 Å². The molecule has 1 aliphatic heterocycles. The minimum absolute atomic E-state index is 0.0155. The number of hydrogen-bond acceptors (Lipinski definition) is 7. The Kier molecular flexibility index (Phi) is 6.23. The van der Waals surface area contributed by atoms with Crippen LogP contribution in [0.4, 0.5) is 13.2 Å². The lowest BCUT2D eigenvalue weighted by molar-refractivity contribution is -0.245. The third-order valence-electron chi connectivity index (χ3n) is 10.6. The van der Waals surface area contributed by atoms with Crippen molar-refractivity contribution in [3.63, 3.8) is 0 Å². The summed E-state index contributed by atoms with van der Waals surface area (Å²) >= 11 is 0. The summed E-state index contributed by atoms with van der Waals surface area (Å²) in [4.78, 5) is 39.0. The molecule has 1 heterocycles. The Morgan fingerprint density at radius 3 is 2.53 bits per heavy atom. The number of allylic oxidation sites excluding steroid dienone is 4. The van der Waals surface area contributed by atoms with Crippen molar-refractivity contribution in [2.24, 2.45) is 28.6 Å². The number of carbonyl (C=O) groups is 3. The summed E-state index contributed by atoms with van der Waals surface area (Å²) in [6, 6.07) is 0. The maximum absolute atomic E-state index is 17.4. The predicted molar refractivity (Wildman–Crippen MR) is 128 cm³/mol. The first-order chi connectivity index (χ1) is 17.7. The molecule has 5 aliphatic rings. The van der Waals surface area contributed by atoms with Crippen LogP contribution in [0.3, 0.4) is 0 Å². The number of rotatable bonds is 4. The first kappa shape index (κ1) is 27.4. The van der Waals surface area contributed by atoms with Crippen LogP contribution >= 0.6 is 0 Å². The van der Waals surface area contributed by atoms with Crippen molar-refractivity contribution in [1.29, 1.82) is 0 Å². The Bertz CT molecular complexity index is 1120. The van der Waals surface area contributed by atoms with Crippen molar-refractivity contribution < 1.29 is 46.9 Å². The van der Waals surface area contributed by atoms with Crippen LogP contribution in [-0.4, -0.2) is 65.4 Å². The fourth-order valence-electron chi connectivity index (χ4n) is 8.57. The first-order valence-corrected chi connectivity index (χ1v) is 13.3. The highest BCUT2D eigenvalue weighted by molar-refractivity contribution is 6.01. The summed E-state index contributed by atoms with van der Waals surface area (Å²) in [6.45, 7) is 5.15. The van der Waals surface area contributed by atoms with Gasteiger partial charge in [-0.25, -0.2) is 22.8 Å². The molecule has 0 amide bonds. The van der Waals surface area contributed by atoms with Crippen LogP contribution in [-0.2, 0) is 28.6 Å². The number of alkyl halides is 3. The van der Waals surface area contributed by atoms with Gasteiger partial charge in [-0.15, -0.1) is 0 Å². The van der Waals surface area contributed by atoms with E-state index in [-0.39, 0.29) is 24.8 Å². The molecule has 10 atom stereocenters. The Balaban J connectivity index is 1.62. The number of aliphatic hydroxyl groups excluding tert-OH is 1. The number of fused-ring (bicyclic) bond motifs is 5. The second-order valence-electron chi connectivity index (χ2n) is 12.3. The van der Waals surface area contributed by atoms with Gasteiger partial charge in [-0.1, -0.05) is 19.9 Å². The molecule has 0 radical (unpaired) electrons. The van der Waals surface area contributed by atoms with E-state index >= 15 is 8.78 Å². The Hall–Kier alpha value is -2.20. The molecule has 2 unspecified atom stereocenters. The van der Waals surface area contributed by atoms with Crippen LogP contribution in [0.25, 0.3) is 0 Å². The largest absolute Gasteiger partial charge is 0.444 e. The average Bonchev–Trinajstić information content (AvgIpc) is 3.39. The molecule has 0 aromatic carbocycles. The summed E-state index contributed by atoms with van der Waals surface area (Å²) in [5, 5.41) is 11.5. The Morgan fingerprint density at radius 2 is 1.89 bits per heavy atom. The van der Waals surface area contributed by atoms with Crippen molar-refractivity contribution in [2.45, 2.75) is 88.9 Å². The van der Waals surface area contributed by atoms with Crippen LogP contribution in [0.15, 0.2) is 23.8 Å². The molecule has 10 heteroatoms. The first-order valence-electron chi connectivity index (χ1n) is 13.3. The Labute approximate surface area is 219 Å². The number of ether oxygens (including phenoxy) is 3. The van der Waals surface area contributed by atoms with E-state index in [1.54, 1.807) is 20.8 Å². The summed E-state index contributed by atoms with van der Waals surface area (Å²) < 4.78 is 62.9. The summed E-state index contributed by atoms with van der Waals surface area (Å²) in [6.07, 6.45) is 0.701. The number of carbonyl (C=O) groups excluding carboxylic acids is 3. The molecule has 1 N–H and O–H groups in total. The van der Waals surface area contributed by atoms with E-state index in [0.717, 1.165) is 6.08 Å². The lowest BCUT2D eigenvalue weighted by Crippen LogP contribution is -2.71. The number of esters is 2. The zero-order valence-corrected chi connectivity index (χ0v) is 22.1. The van der Waals surface area contributed by atoms with Crippen LogP contribution in [0, 0.1) is 28.6 Å². The minimum atomic E-state index is -2.37. The molecule has 0 spiro atoms. The third kappa shape index (κ3) is 3.25. The van der Waals surface area contributed by atoms with E-state index < -0.39 is 82.3 Å². The average molecular weight is 541 g/mol. The molecule has 0 bridgehead atoms. The van der Waals surface area contributed by atoms with Gasteiger partial charge in [-0.3, -0.25) is 4.79 Å². The van der Waals surface area contributed by atoms with Crippen LogP contribution in [0.1, 0.15) is 59.8 Å². The van der Waals surface area contributed by atoms with Crippen molar-refractivity contribution in [3.8, 4) is 0 Å². The number of aliphatic hydroxyl groups is 1. The maximum Gasteiger partial charge on any atom is 0.353 e. The summed E-state index contributed by atoms with van der Waals surface area (Å²) in [5.41, 5.74) is -8.77. The van der Waals surface area contributed by atoms with E-state index in [9.17, 15) is 23.9 Å². The second kappa shape index (κ2) is 8.65. The number of ketones is 1. The van der Waals surface area contributed by atoms with Crippen LogP contribution in [0.5, 0.6) is 0 Å². The lowest BCUT2D eigenvalue weighted by atomic mass is 9.44. The van der Waals surface area contributed by atoms with Gasteiger partial charge >= 0.3 is 11.9 Å². The summed E-state index contributed by atoms with van der Waals surface area (Å²) in [5.74, 6) is -4.96. The molecule has 4 fully saturated rings. The fraction of sp³-hybridized carbons (Fsp3) is 0.750. The number of hydrogen-bond donors (Lipinski definition) is 1. The predicted octanol–water partition coefficient (Wildman–Crippen LogP) is 3.87. The van der Waals surface area contributed by atoms with E-state index in [0.29, 0.717) is 19.4 Å². The van der Waals surface area contributed by atoms with E-state index in [1.807, 2.05) is 0 Å². The molecule has 7 nitrogen and oxygen atoms in total. The highest BCUT2D eigenvalue weighted by Gasteiger charge is 2.79.